The van der Waals surface area contributed by atoms with Gasteiger partial charge in [-0.2, -0.15) is 0 Å². The number of halogens is 2. The first-order chi connectivity index (χ1) is 16.5. The van der Waals surface area contributed by atoms with Crippen LogP contribution in [-0.2, 0) is 4.79 Å². The Kier molecular flexibility index (Phi) is 6.19. The van der Waals surface area contributed by atoms with Crippen molar-refractivity contribution in [2.75, 3.05) is 18.4 Å². The first kappa shape index (κ1) is 22.3. The van der Waals surface area contributed by atoms with E-state index in [2.05, 4.69) is 26.8 Å². The number of carbonyl (C=O) groups is 1. The smallest absolute Gasteiger partial charge is 0.246 e. The van der Waals surface area contributed by atoms with E-state index in [1.54, 1.807) is 29.2 Å². The van der Waals surface area contributed by atoms with Gasteiger partial charge in [0.25, 0.3) is 0 Å². The second kappa shape index (κ2) is 9.42. The molecule has 2 aliphatic rings. The van der Waals surface area contributed by atoms with Gasteiger partial charge >= 0.3 is 0 Å². The van der Waals surface area contributed by atoms with Crippen LogP contribution in [0.15, 0.2) is 43.2 Å². The molecule has 0 bridgehead atoms. The number of pyridine rings is 1. The third-order valence-electron chi connectivity index (χ3n) is 6.02. The van der Waals surface area contributed by atoms with Gasteiger partial charge in [0, 0.05) is 19.0 Å². The molecule has 1 N–H and O–H groups in total. The molecule has 176 valence electrons. The lowest BCUT2D eigenvalue weighted by Crippen LogP contribution is -2.29. The number of ether oxygens (including phenoxy) is 2. The Morgan fingerprint density at radius 1 is 1.18 bits per heavy atom. The molecule has 0 unspecified atom stereocenters. The Bertz CT molecular complexity index is 1250. The number of hydrogen-bond acceptors (Lipinski definition) is 7. The Hall–Kier alpha value is -3.46. The Morgan fingerprint density at radius 3 is 2.79 bits per heavy atom. The lowest BCUT2D eigenvalue weighted by Gasteiger charge is -2.27. The Balaban J connectivity index is 1.36. The molecule has 1 saturated carbocycles. The molecule has 1 aliphatic carbocycles. The van der Waals surface area contributed by atoms with Crippen LogP contribution in [0.4, 0.5) is 15.9 Å². The summed E-state index contributed by atoms with van der Waals surface area (Å²) in [6.45, 7) is 4.58. The van der Waals surface area contributed by atoms with E-state index in [9.17, 15) is 9.18 Å². The van der Waals surface area contributed by atoms with Gasteiger partial charge < -0.3 is 19.7 Å². The standard InChI is InChI=1S/C24H23ClFN5O3/c1-2-20(32)31-11-10-15(12-31)34-19-9-7-17-23(30-19)24(28-13-27-17)29-16-6-8-18(21(25)22(16)26)33-14-4-3-5-14/h2,6-9,13-15H,1,3-5,10-12H2,(H,27,28,29)/t15-/m0/s1. The first-order valence-electron chi connectivity index (χ1n) is 11.1. The minimum absolute atomic E-state index is 0.0768. The highest BCUT2D eigenvalue weighted by molar-refractivity contribution is 6.32. The molecule has 2 aromatic heterocycles. The topological polar surface area (TPSA) is 89.5 Å². The fourth-order valence-corrected chi connectivity index (χ4v) is 4.13. The zero-order valence-corrected chi connectivity index (χ0v) is 19.1. The predicted molar refractivity (Wildman–Crippen MR) is 126 cm³/mol. The lowest BCUT2D eigenvalue weighted by molar-refractivity contribution is -0.125. The van der Waals surface area contributed by atoms with Gasteiger partial charge in [0.05, 0.1) is 23.9 Å². The third-order valence-corrected chi connectivity index (χ3v) is 6.37. The van der Waals surface area contributed by atoms with E-state index in [-0.39, 0.29) is 28.8 Å². The van der Waals surface area contributed by atoms with Crippen molar-refractivity contribution in [3.8, 4) is 11.6 Å². The minimum atomic E-state index is -0.629. The highest BCUT2D eigenvalue weighted by Crippen LogP contribution is 2.36. The second-order valence-electron chi connectivity index (χ2n) is 8.29. The molecule has 5 rings (SSSR count). The summed E-state index contributed by atoms with van der Waals surface area (Å²) in [5, 5.41) is 2.89. The Morgan fingerprint density at radius 2 is 2.03 bits per heavy atom. The van der Waals surface area contributed by atoms with Gasteiger partial charge in [-0.05, 0) is 43.5 Å². The molecule has 10 heteroatoms. The van der Waals surface area contributed by atoms with Crippen molar-refractivity contribution < 1.29 is 18.7 Å². The van der Waals surface area contributed by atoms with E-state index in [1.165, 1.54) is 12.4 Å². The zero-order chi connectivity index (χ0) is 23.7. The van der Waals surface area contributed by atoms with Gasteiger partial charge in [0.1, 0.15) is 28.7 Å². The van der Waals surface area contributed by atoms with Gasteiger partial charge in [-0.3, -0.25) is 4.79 Å². The van der Waals surface area contributed by atoms with Crippen molar-refractivity contribution >= 4 is 40.0 Å². The molecule has 3 heterocycles. The van der Waals surface area contributed by atoms with Gasteiger partial charge in [0.15, 0.2) is 11.6 Å². The summed E-state index contributed by atoms with van der Waals surface area (Å²) >= 11 is 6.23. The van der Waals surface area contributed by atoms with Crippen LogP contribution >= 0.6 is 11.6 Å². The number of nitrogens with zero attached hydrogens (tertiary/aromatic N) is 4. The number of hydrogen-bond donors (Lipinski definition) is 1. The van der Waals surface area contributed by atoms with Crippen LogP contribution in [0.1, 0.15) is 25.7 Å². The Labute approximate surface area is 200 Å². The molecule has 3 aromatic rings. The average molecular weight is 484 g/mol. The summed E-state index contributed by atoms with van der Waals surface area (Å²) in [6, 6.07) is 6.67. The molecule has 0 spiro atoms. The van der Waals surface area contributed by atoms with Crippen molar-refractivity contribution in [1.82, 2.24) is 19.9 Å². The zero-order valence-electron chi connectivity index (χ0n) is 18.3. The molecule has 1 aliphatic heterocycles. The molecule has 1 aromatic carbocycles. The van der Waals surface area contributed by atoms with Gasteiger partial charge in [-0.25, -0.2) is 19.3 Å². The van der Waals surface area contributed by atoms with Crippen LogP contribution in [0.3, 0.4) is 0 Å². The number of anilines is 2. The van der Waals surface area contributed by atoms with Crippen molar-refractivity contribution in [3.63, 3.8) is 0 Å². The monoisotopic (exact) mass is 483 g/mol. The van der Waals surface area contributed by atoms with Gasteiger partial charge in [-0.1, -0.05) is 18.2 Å². The normalized spacial score (nSPS) is 17.9. The van der Waals surface area contributed by atoms with E-state index in [0.29, 0.717) is 48.0 Å². The molecule has 1 amide bonds. The van der Waals surface area contributed by atoms with E-state index < -0.39 is 5.82 Å². The molecule has 1 atom stereocenters. The molecule has 34 heavy (non-hydrogen) atoms. The SMILES string of the molecule is C=CC(=O)N1CC[C@H](Oc2ccc3ncnc(Nc4ccc(OC5CCC5)c(Cl)c4F)c3n2)C1. The maximum atomic E-state index is 15.0. The van der Waals surface area contributed by atoms with Crippen LogP contribution in [0.5, 0.6) is 11.6 Å². The van der Waals surface area contributed by atoms with Crippen LogP contribution in [0, 0.1) is 5.82 Å². The summed E-state index contributed by atoms with van der Waals surface area (Å²) in [7, 11) is 0. The van der Waals surface area contributed by atoms with Crippen LogP contribution in [0.2, 0.25) is 5.02 Å². The van der Waals surface area contributed by atoms with Gasteiger partial charge in [-0.15, -0.1) is 0 Å². The summed E-state index contributed by atoms with van der Waals surface area (Å²) in [4.78, 5) is 26.5. The highest BCUT2D eigenvalue weighted by Gasteiger charge is 2.27. The molecule has 2 fully saturated rings. The van der Waals surface area contributed by atoms with Crippen LogP contribution in [0.25, 0.3) is 11.0 Å². The van der Waals surface area contributed by atoms with E-state index in [1.807, 2.05) is 0 Å². The average Bonchev–Trinajstić information content (AvgIpc) is 3.28. The largest absolute Gasteiger partial charge is 0.489 e. The first-order valence-corrected chi connectivity index (χ1v) is 11.5. The van der Waals surface area contributed by atoms with Crippen LogP contribution < -0.4 is 14.8 Å². The maximum Gasteiger partial charge on any atom is 0.246 e. The summed E-state index contributed by atoms with van der Waals surface area (Å²) in [5.74, 6) is 0.258. The summed E-state index contributed by atoms with van der Waals surface area (Å²) < 4.78 is 26.8. The maximum absolute atomic E-state index is 15.0. The van der Waals surface area contributed by atoms with E-state index in [4.69, 9.17) is 21.1 Å². The fraction of sp³-hybridized carbons (Fsp3) is 0.333. The fourth-order valence-electron chi connectivity index (χ4n) is 3.92. The molecule has 0 radical (unpaired) electrons. The number of nitrogens with one attached hydrogen (secondary N) is 1. The highest BCUT2D eigenvalue weighted by atomic mass is 35.5. The third kappa shape index (κ3) is 4.48. The number of aromatic nitrogens is 3. The number of carbonyl (C=O) groups excluding carboxylic acids is 1. The number of amides is 1. The molecule has 1 saturated heterocycles. The van der Waals surface area contributed by atoms with Crippen molar-refractivity contribution in [2.24, 2.45) is 0 Å². The van der Waals surface area contributed by atoms with Crippen molar-refractivity contribution in [3.05, 3.63) is 54.1 Å². The minimum Gasteiger partial charge on any atom is -0.489 e. The number of fused-ring (bicyclic) bond motifs is 1. The van der Waals surface area contributed by atoms with E-state index >= 15 is 0 Å². The quantitative estimate of drug-likeness (QED) is 0.489. The van der Waals surface area contributed by atoms with Crippen molar-refractivity contribution in [1.29, 1.82) is 0 Å². The summed E-state index contributed by atoms with van der Waals surface area (Å²) in [5.41, 5.74) is 1.13. The van der Waals surface area contributed by atoms with E-state index in [0.717, 1.165) is 19.3 Å². The van der Waals surface area contributed by atoms with Gasteiger partial charge in [0.2, 0.25) is 11.8 Å². The van der Waals surface area contributed by atoms with Crippen LogP contribution in [-0.4, -0.2) is 51.1 Å². The molecular weight excluding hydrogens is 461 g/mol. The molecule has 8 nitrogen and oxygen atoms in total. The second-order valence-corrected chi connectivity index (χ2v) is 8.67. The number of benzene rings is 1. The number of rotatable bonds is 7. The molecular formula is C24H23ClFN5O3. The lowest BCUT2D eigenvalue weighted by atomic mass is 9.96. The van der Waals surface area contributed by atoms with Crippen molar-refractivity contribution in [2.45, 2.75) is 37.9 Å². The summed E-state index contributed by atoms with van der Waals surface area (Å²) in [6.07, 6.45) is 6.26. The number of likely N-dealkylation sites (tertiary alicyclic amines) is 1. The predicted octanol–water partition coefficient (Wildman–Crippen LogP) is 4.66.